The number of amides is 1. The molecular formula is C21H27NO8. The van der Waals surface area contributed by atoms with E-state index >= 15 is 0 Å². The van der Waals surface area contributed by atoms with E-state index in [1.165, 1.54) is 20.8 Å². The first-order chi connectivity index (χ1) is 14.2. The fourth-order valence-electron chi connectivity index (χ4n) is 3.34. The number of rotatable bonds is 7. The second kappa shape index (κ2) is 10.7. The van der Waals surface area contributed by atoms with Crippen LogP contribution in [0.1, 0.15) is 33.3 Å². The Balaban J connectivity index is 2.23. The zero-order chi connectivity index (χ0) is 22.3. The van der Waals surface area contributed by atoms with Gasteiger partial charge < -0.3 is 24.3 Å². The van der Waals surface area contributed by atoms with Crippen molar-refractivity contribution in [3.05, 3.63) is 35.9 Å². The lowest BCUT2D eigenvalue weighted by Crippen LogP contribution is -2.65. The third-order valence-corrected chi connectivity index (χ3v) is 4.53. The van der Waals surface area contributed by atoms with Crippen LogP contribution in [-0.4, -0.2) is 60.9 Å². The lowest BCUT2D eigenvalue weighted by Gasteiger charge is -2.44. The molecule has 1 aliphatic heterocycles. The highest BCUT2D eigenvalue weighted by Gasteiger charge is 2.49. The largest absolute Gasteiger partial charge is 0.463 e. The summed E-state index contributed by atoms with van der Waals surface area (Å²) >= 11 is 0. The van der Waals surface area contributed by atoms with Gasteiger partial charge in [-0.1, -0.05) is 30.3 Å². The Kier molecular flexibility index (Phi) is 8.35. The molecule has 1 aliphatic rings. The van der Waals surface area contributed by atoms with Gasteiger partial charge in [-0.2, -0.15) is 0 Å². The molecule has 5 atom stereocenters. The molecule has 1 saturated heterocycles. The molecule has 0 aromatic heterocycles. The van der Waals surface area contributed by atoms with Crippen molar-refractivity contribution in [3.8, 4) is 0 Å². The van der Waals surface area contributed by atoms with E-state index < -0.39 is 48.4 Å². The summed E-state index contributed by atoms with van der Waals surface area (Å²) in [6.45, 7) is 5.15. The quantitative estimate of drug-likeness (QED) is 0.510. The second-order valence-electron chi connectivity index (χ2n) is 7.09. The first-order valence-corrected chi connectivity index (χ1v) is 9.64. The number of ether oxygens (including phenoxy) is 4. The fraction of sp³-hybridized carbons (Fsp3) is 0.524. The molecule has 1 aromatic carbocycles. The SMILES string of the molecule is CC(=O)OCC1O[C@@H](C)C(NC(=O)Cc2ccccc2)[C@@H](OC(C)=O)[C@@H]1OC(C)=O. The van der Waals surface area contributed by atoms with Gasteiger partial charge in [-0.05, 0) is 12.5 Å². The topological polar surface area (TPSA) is 117 Å². The van der Waals surface area contributed by atoms with Gasteiger partial charge in [-0.3, -0.25) is 19.2 Å². The molecule has 2 unspecified atom stereocenters. The zero-order valence-corrected chi connectivity index (χ0v) is 17.5. The van der Waals surface area contributed by atoms with Crippen LogP contribution < -0.4 is 5.32 Å². The van der Waals surface area contributed by atoms with E-state index in [0.717, 1.165) is 5.56 Å². The van der Waals surface area contributed by atoms with Crippen molar-refractivity contribution in [3.63, 3.8) is 0 Å². The first kappa shape index (κ1) is 23.3. The molecule has 2 rings (SSSR count). The molecule has 0 saturated carbocycles. The van der Waals surface area contributed by atoms with Gasteiger partial charge in [0.05, 0.1) is 18.6 Å². The third kappa shape index (κ3) is 6.84. The summed E-state index contributed by atoms with van der Waals surface area (Å²) < 4.78 is 21.6. The van der Waals surface area contributed by atoms with Crippen LogP contribution in [0.2, 0.25) is 0 Å². The van der Waals surface area contributed by atoms with Gasteiger partial charge in [-0.25, -0.2) is 0 Å². The molecule has 1 fully saturated rings. The maximum Gasteiger partial charge on any atom is 0.303 e. The highest BCUT2D eigenvalue weighted by molar-refractivity contribution is 5.79. The molecule has 164 valence electrons. The average Bonchev–Trinajstić information content (AvgIpc) is 2.65. The summed E-state index contributed by atoms with van der Waals surface area (Å²) in [6, 6.07) is 8.37. The van der Waals surface area contributed by atoms with Crippen molar-refractivity contribution in [2.75, 3.05) is 6.61 Å². The summed E-state index contributed by atoms with van der Waals surface area (Å²) in [4.78, 5) is 47.2. The zero-order valence-electron chi connectivity index (χ0n) is 17.5. The van der Waals surface area contributed by atoms with Gasteiger partial charge in [0, 0.05) is 20.8 Å². The monoisotopic (exact) mass is 421 g/mol. The van der Waals surface area contributed by atoms with Crippen molar-refractivity contribution in [2.24, 2.45) is 0 Å². The molecule has 0 spiro atoms. The third-order valence-electron chi connectivity index (χ3n) is 4.53. The summed E-state index contributed by atoms with van der Waals surface area (Å²) in [5, 5.41) is 2.82. The molecule has 0 radical (unpaired) electrons. The second-order valence-corrected chi connectivity index (χ2v) is 7.09. The Bertz CT molecular complexity index is 766. The Labute approximate surface area is 175 Å². The maximum atomic E-state index is 12.6. The summed E-state index contributed by atoms with van der Waals surface area (Å²) in [5.74, 6) is -2.08. The van der Waals surface area contributed by atoms with Gasteiger partial charge in [0.25, 0.3) is 0 Å². The molecular weight excluding hydrogens is 394 g/mol. The average molecular weight is 421 g/mol. The van der Waals surface area contributed by atoms with Crippen molar-refractivity contribution < 1.29 is 38.1 Å². The van der Waals surface area contributed by atoms with Crippen molar-refractivity contribution in [1.82, 2.24) is 5.32 Å². The minimum absolute atomic E-state index is 0.117. The van der Waals surface area contributed by atoms with Crippen LogP contribution >= 0.6 is 0 Å². The van der Waals surface area contributed by atoms with Crippen molar-refractivity contribution >= 4 is 23.8 Å². The minimum atomic E-state index is -1.07. The number of hydrogen-bond acceptors (Lipinski definition) is 8. The standard InChI is InChI=1S/C21H27NO8/c1-12-19(22-18(26)10-16-8-6-5-7-9-16)21(30-15(4)25)20(29-14(3)24)17(28-12)11-27-13(2)23/h5-9,12,17,19-21H,10-11H2,1-4H3,(H,22,26)/t12-,17?,19?,20+,21+/m0/s1. The first-order valence-electron chi connectivity index (χ1n) is 9.64. The molecule has 9 heteroatoms. The van der Waals surface area contributed by atoms with Crippen LogP contribution in [0.4, 0.5) is 0 Å². The predicted octanol–water partition coefficient (Wildman–Crippen LogP) is 0.928. The van der Waals surface area contributed by atoms with E-state index in [1.807, 2.05) is 30.3 Å². The van der Waals surface area contributed by atoms with Crippen molar-refractivity contribution in [1.29, 1.82) is 0 Å². The number of nitrogens with one attached hydrogen (secondary N) is 1. The van der Waals surface area contributed by atoms with Crippen LogP contribution in [-0.2, 0) is 44.5 Å². The minimum Gasteiger partial charge on any atom is -0.463 e. The highest BCUT2D eigenvalue weighted by atomic mass is 16.6. The Morgan fingerprint density at radius 2 is 1.53 bits per heavy atom. The Morgan fingerprint density at radius 3 is 2.10 bits per heavy atom. The Hall–Kier alpha value is -2.94. The number of hydrogen-bond donors (Lipinski definition) is 1. The molecule has 30 heavy (non-hydrogen) atoms. The van der Waals surface area contributed by atoms with Crippen LogP contribution in [0.5, 0.6) is 0 Å². The lowest BCUT2D eigenvalue weighted by molar-refractivity contribution is -0.221. The number of benzene rings is 1. The Morgan fingerprint density at radius 1 is 0.933 bits per heavy atom. The van der Waals surface area contributed by atoms with E-state index in [-0.39, 0.29) is 18.9 Å². The molecule has 1 aromatic rings. The van der Waals surface area contributed by atoms with Crippen LogP contribution in [0.25, 0.3) is 0 Å². The lowest BCUT2D eigenvalue weighted by atomic mass is 9.92. The van der Waals surface area contributed by atoms with Gasteiger partial charge in [-0.15, -0.1) is 0 Å². The smallest absolute Gasteiger partial charge is 0.303 e. The molecule has 0 bridgehead atoms. The molecule has 1 N–H and O–H groups in total. The number of esters is 3. The molecule has 1 amide bonds. The van der Waals surface area contributed by atoms with E-state index in [1.54, 1.807) is 6.92 Å². The number of carbonyl (C=O) groups is 4. The van der Waals surface area contributed by atoms with E-state index in [9.17, 15) is 19.2 Å². The fourth-order valence-corrected chi connectivity index (χ4v) is 3.34. The van der Waals surface area contributed by atoms with Crippen LogP contribution in [0.15, 0.2) is 30.3 Å². The number of carbonyl (C=O) groups excluding carboxylic acids is 4. The summed E-state index contributed by atoms with van der Waals surface area (Å²) in [5.41, 5.74) is 0.813. The molecule has 0 aliphatic carbocycles. The predicted molar refractivity (Wildman–Crippen MR) is 104 cm³/mol. The summed E-state index contributed by atoms with van der Waals surface area (Å²) in [6.07, 6.45) is -3.44. The normalized spacial score (nSPS) is 25.7. The van der Waals surface area contributed by atoms with Gasteiger partial charge in [0.2, 0.25) is 5.91 Å². The van der Waals surface area contributed by atoms with Crippen LogP contribution in [0.3, 0.4) is 0 Å². The van der Waals surface area contributed by atoms with E-state index in [4.69, 9.17) is 18.9 Å². The van der Waals surface area contributed by atoms with E-state index in [2.05, 4.69) is 5.32 Å². The highest BCUT2D eigenvalue weighted by Crippen LogP contribution is 2.27. The maximum absolute atomic E-state index is 12.6. The van der Waals surface area contributed by atoms with Crippen LogP contribution in [0, 0.1) is 0 Å². The summed E-state index contributed by atoms with van der Waals surface area (Å²) in [7, 11) is 0. The van der Waals surface area contributed by atoms with Crippen molar-refractivity contribution in [2.45, 2.75) is 64.6 Å². The molecule has 1 heterocycles. The van der Waals surface area contributed by atoms with Gasteiger partial charge in [0.15, 0.2) is 12.2 Å². The van der Waals surface area contributed by atoms with Gasteiger partial charge >= 0.3 is 17.9 Å². The van der Waals surface area contributed by atoms with Gasteiger partial charge in [0.1, 0.15) is 12.7 Å². The van der Waals surface area contributed by atoms with E-state index in [0.29, 0.717) is 0 Å². The molecule has 9 nitrogen and oxygen atoms in total.